The van der Waals surface area contributed by atoms with Gasteiger partial charge in [-0.3, -0.25) is 0 Å². The van der Waals surface area contributed by atoms with Crippen LogP contribution in [-0.4, -0.2) is 12.0 Å². The fourth-order valence-corrected chi connectivity index (χ4v) is 5.07. The first-order valence-corrected chi connectivity index (χ1v) is 12.7. The number of rotatable bonds is 2. The van der Waals surface area contributed by atoms with Crippen LogP contribution in [0.2, 0.25) is 10.0 Å². The molecule has 4 N–H and O–H groups in total. The van der Waals surface area contributed by atoms with Crippen molar-refractivity contribution in [2.75, 3.05) is 0 Å². The number of benzene rings is 4. The Morgan fingerprint density at radius 1 is 0.579 bits per heavy atom. The van der Waals surface area contributed by atoms with Crippen LogP contribution >= 0.6 is 23.2 Å². The number of amidine groups is 2. The minimum Gasteiger partial charge on any atom is -0.449 e. The highest BCUT2D eigenvalue weighted by atomic mass is 35.5. The monoisotopic (exact) mass is 544 g/mol. The van der Waals surface area contributed by atoms with E-state index >= 15 is 0 Å². The van der Waals surface area contributed by atoms with E-state index in [2.05, 4.69) is 9.98 Å². The maximum Gasteiger partial charge on any atom is 0.288 e. The Bertz CT molecular complexity index is 1430. The fourth-order valence-electron chi connectivity index (χ4n) is 4.73. The Hall–Kier alpha value is -4.00. The molecule has 0 aromatic heterocycles. The summed E-state index contributed by atoms with van der Waals surface area (Å²) in [5.74, 6) is 0. The maximum atomic E-state index is 6.09. The lowest BCUT2D eigenvalue weighted by molar-refractivity contribution is 0.110. The number of hydrogen-bond donors (Lipinski definition) is 2. The molecule has 2 aliphatic heterocycles. The zero-order valence-electron chi connectivity index (χ0n) is 20.9. The van der Waals surface area contributed by atoms with Gasteiger partial charge < -0.3 is 20.9 Å². The predicted molar refractivity (Wildman–Crippen MR) is 153 cm³/mol. The zero-order valence-corrected chi connectivity index (χ0v) is 22.4. The van der Waals surface area contributed by atoms with Gasteiger partial charge in [-0.15, -0.1) is 0 Å². The van der Waals surface area contributed by atoms with Gasteiger partial charge in [0.25, 0.3) is 12.0 Å². The van der Waals surface area contributed by atoms with E-state index in [9.17, 15) is 0 Å². The van der Waals surface area contributed by atoms with Crippen LogP contribution < -0.4 is 11.5 Å². The molecule has 0 amide bonds. The second-order valence-electron chi connectivity index (χ2n) is 9.23. The summed E-state index contributed by atoms with van der Waals surface area (Å²) in [4.78, 5) is 8.44. The van der Waals surface area contributed by atoms with E-state index in [0.29, 0.717) is 10.0 Å². The smallest absolute Gasteiger partial charge is 0.288 e. The molecule has 2 atom stereocenters. The van der Waals surface area contributed by atoms with Gasteiger partial charge in [0.1, 0.15) is 0 Å². The molecule has 4 aromatic carbocycles. The Balaban J connectivity index is 0.000000155. The van der Waals surface area contributed by atoms with Crippen molar-refractivity contribution < 1.29 is 9.47 Å². The van der Waals surface area contributed by atoms with Gasteiger partial charge in [0, 0.05) is 21.2 Å². The summed E-state index contributed by atoms with van der Waals surface area (Å²) in [5, 5.41) is 1.31. The van der Waals surface area contributed by atoms with Crippen molar-refractivity contribution >= 4 is 46.6 Å². The van der Waals surface area contributed by atoms with E-state index in [0.717, 1.165) is 33.6 Å². The molecule has 38 heavy (non-hydrogen) atoms. The van der Waals surface area contributed by atoms with E-state index in [1.165, 1.54) is 0 Å². The number of aliphatic imine (C=N–C) groups is 2. The first-order valence-electron chi connectivity index (χ1n) is 12.0. The summed E-state index contributed by atoms with van der Waals surface area (Å²) in [6, 6.07) is 31.2. The fraction of sp³-hybridized carbons (Fsp3) is 0.133. The first-order chi connectivity index (χ1) is 18.2. The van der Waals surface area contributed by atoms with Gasteiger partial charge in [-0.2, -0.15) is 9.98 Å². The average molecular weight is 545 g/mol. The first kappa shape index (κ1) is 25.6. The number of hydrogen-bond acceptors (Lipinski definition) is 6. The molecule has 0 fully saturated rings. The Kier molecular flexibility index (Phi) is 6.78. The van der Waals surface area contributed by atoms with Crippen LogP contribution in [0.15, 0.2) is 107 Å². The molecule has 0 spiro atoms. The van der Waals surface area contributed by atoms with Crippen molar-refractivity contribution in [3.63, 3.8) is 0 Å². The summed E-state index contributed by atoms with van der Waals surface area (Å²) >= 11 is 12.2. The van der Waals surface area contributed by atoms with Crippen molar-refractivity contribution in [2.24, 2.45) is 21.5 Å². The molecule has 0 radical (unpaired) electrons. The van der Waals surface area contributed by atoms with Crippen LogP contribution in [0.3, 0.4) is 0 Å². The molecule has 0 bridgehead atoms. The van der Waals surface area contributed by atoms with Crippen LogP contribution in [0.1, 0.15) is 36.1 Å². The van der Waals surface area contributed by atoms with Crippen molar-refractivity contribution in [1.82, 2.24) is 0 Å². The number of fused-ring (bicyclic) bond motifs is 2. The van der Waals surface area contributed by atoms with E-state index < -0.39 is 11.2 Å². The van der Waals surface area contributed by atoms with E-state index in [1.807, 2.05) is 98.8 Å². The lowest BCUT2D eigenvalue weighted by Crippen LogP contribution is -2.36. The van der Waals surface area contributed by atoms with Crippen molar-refractivity contribution in [1.29, 1.82) is 0 Å². The van der Waals surface area contributed by atoms with E-state index in [-0.39, 0.29) is 12.0 Å². The van der Waals surface area contributed by atoms with Crippen LogP contribution in [0, 0.1) is 0 Å². The molecule has 4 aromatic rings. The standard InChI is InChI=1S/2C15H13ClN2O/c2*1-15(10-5-3-2-4-6-10)12-9-11(16)7-8-13(12)18-14(17)19-15/h2*2-9H,1H3,(H2,17,18)/t2*15-/m10/s1. The largest absolute Gasteiger partial charge is 0.449 e. The molecular formula is C30H26Cl2N4O2. The summed E-state index contributed by atoms with van der Waals surface area (Å²) in [6.45, 7) is 3.94. The number of nitrogens with two attached hydrogens (primary N) is 2. The van der Waals surface area contributed by atoms with Gasteiger partial charge in [-0.25, -0.2) is 0 Å². The second-order valence-corrected chi connectivity index (χ2v) is 10.1. The quantitative estimate of drug-likeness (QED) is 0.279. The molecule has 0 unspecified atom stereocenters. The topological polar surface area (TPSA) is 95.2 Å². The molecule has 192 valence electrons. The summed E-state index contributed by atoms with van der Waals surface area (Å²) in [5.41, 5.74) is 15.7. The van der Waals surface area contributed by atoms with Crippen LogP contribution in [0.25, 0.3) is 0 Å². The molecule has 2 aliphatic rings. The highest BCUT2D eigenvalue weighted by molar-refractivity contribution is 6.31. The normalized spacial score (nSPS) is 21.3. The van der Waals surface area contributed by atoms with Gasteiger partial charge in [0.05, 0.1) is 11.4 Å². The highest BCUT2D eigenvalue weighted by Gasteiger charge is 2.38. The summed E-state index contributed by atoms with van der Waals surface area (Å²) in [7, 11) is 0. The Morgan fingerprint density at radius 3 is 1.32 bits per heavy atom. The molecule has 6 nitrogen and oxygen atoms in total. The van der Waals surface area contributed by atoms with Gasteiger partial charge in [-0.1, -0.05) is 83.9 Å². The van der Waals surface area contributed by atoms with E-state index in [4.69, 9.17) is 44.1 Å². The van der Waals surface area contributed by atoms with Gasteiger partial charge in [0.15, 0.2) is 11.2 Å². The van der Waals surface area contributed by atoms with Gasteiger partial charge >= 0.3 is 0 Å². The van der Waals surface area contributed by atoms with Crippen LogP contribution in [-0.2, 0) is 20.7 Å². The minimum atomic E-state index is -0.673. The average Bonchev–Trinajstić information content (AvgIpc) is 2.91. The molecule has 0 saturated heterocycles. The lowest BCUT2D eigenvalue weighted by Gasteiger charge is -2.35. The summed E-state index contributed by atoms with van der Waals surface area (Å²) in [6.07, 6.45) is 0. The third-order valence-corrected chi connectivity index (χ3v) is 7.14. The Labute approximate surface area is 231 Å². The van der Waals surface area contributed by atoms with Crippen molar-refractivity contribution in [3.8, 4) is 0 Å². The number of nitrogens with zero attached hydrogens (tertiary/aromatic N) is 2. The van der Waals surface area contributed by atoms with Crippen molar-refractivity contribution in [2.45, 2.75) is 25.0 Å². The molecule has 0 saturated carbocycles. The zero-order chi connectivity index (χ0) is 26.9. The molecular weight excluding hydrogens is 519 g/mol. The highest BCUT2D eigenvalue weighted by Crippen LogP contribution is 2.43. The third-order valence-electron chi connectivity index (χ3n) is 6.67. The van der Waals surface area contributed by atoms with Gasteiger partial charge in [0.2, 0.25) is 0 Å². The summed E-state index contributed by atoms with van der Waals surface area (Å²) < 4.78 is 11.6. The molecule has 2 heterocycles. The predicted octanol–water partition coefficient (Wildman–Crippen LogP) is 7.16. The molecule has 6 rings (SSSR count). The number of halogens is 2. The minimum absolute atomic E-state index is 0.168. The van der Waals surface area contributed by atoms with Gasteiger partial charge in [-0.05, 0) is 61.4 Å². The number of ether oxygens (including phenoxy) is 2. The van der Waals surface area contributed by atoms with Crippen LogP contribution in [0.4, 0.5) is 11.4 Å². The van der Waals surface area contributed by atoms with Crippen LogP contribution in [0.5, 0.6) is 0 Å². The lowest BCUT2D eigenvalue weighted by atomic mass is 9.86. The molecule has 8 heteroatoms. The maximum absolute atomic E-state index is 6.09. The van der Waals surface area contributed by atoms with Crippen molar-refractivity contribution in [3.05, 3.63) is 129 Å². The Morgan fingerprint density at radius 2 is 0.947 bits per heavy atom. The molecule has 0 aliphatic carbocycles. The van der Waals surface area contributed by atoms with E-state index in [1.54, 1.807) is 12.1 Å². The third kappa shape index (κ3) is 4.80. The second kappa shape index (κ2) is 10.0. The SMILES string of the molecule is C[C@@]1(c2ccccc2)OC(N)=Nc2ccc(Cl)cc21.C[C@]1(c2ccccc2)OC(N)=Nc2ccc(Cl)cc21.